The van der Waals surface area contributed by atoms with Crippen LogP contribution in [0.15, 0.2) is 34.7 Å². The van der Waals surface area contributed by atoms with Crippen LogP contribution in [0.5, 0.6) is 0 Å². The second-order valence-electron chi connectivity index (χ2n) is 10.0. The van der Waals surface area contributed by atoms with Gasteiger partial charge < -0.3 is 14.8 Å². The zero-order valence-electron chi connectivity index (χ0n) is 20.6. The number of benzene rings is 2. The first kappa shape index (κ1) is 25.3. The minimum absolute atomic E-state index is 0.0226. The Morgan fingerprint density at radius 1 is 1.14 bits per heavy atom. The Labute approximate surface area is 212 Å². The third-order valence-corrected chi connectivity index (χ3v) is 7.48. The number of hydroxylamine groups is 3. The van der Waals surface area contributed by atoms with Crippen LogP contribution in [0.1, 0.15) is 49.7 Å². The fourth-order valence-electron chi connectivity index (χ4n) is 5.30. The van der Waals surface area contributed by atoms with E-state index in [1.807, 2.05) is 0 Å². The fourth-order valence-corrected chi connectivity index (χ4v) is 5.30. The van der Waals surface area contributed by atoms with E-state index < -0.39 is 17.6 Å². The Morgan fingerprint density at radius 3 is 2.57 bits per heavy atom. The molecule has 0 bridgehead atoms. The van der Waals surface area contributed by atoms with E-state index in [0.717, 1.165) is 18.4 Å². The van der Waals surface area contributed by atoms with E-state index in [0.29, 0.717) is 44.5 Å². The van der Waals surface area contributed by atoms with Gasteiger partial charge in [0.2, 0.25) is 0 Å². The van der Waals surface area contributed by atoms with Crippen LogP contribution in [-0.4, -0.2) is 45.8 Å². The molecule has 1 aromatic heterocycles. The number of fused-ring (bicyclic) bond motifs is 1. The molecule has 0 unspecified atom stereocenters. The monoisotopic (exact) mass is 514 g/mol. The van der Waals surface area contributed by atoms with Crippen molar-refractivity contribution in [1.29, 1.82) is 0 Å². The van der Waals surface area contributed by atoms with E-state index in [9.17, 15) is 19.1 Å². The number of hydrogen-bond acceptors (Lipinski definition) is 6. The summed E-state index contributed by atoms with van der Waals surface area (Å²) >= 11 is 0. The highest BCUT2D eigenvalue weighted by atomic mass is 19.1. The molecule has 2 aliphatic rings. The zero-order chi connectivity index (χ0) is 26.2. The summed E-state index contributed by atoms with van der Waals surface area (Å²) in [6.45, 7) is 2.83. The van der Waals surface area contributed by atoms with Crippen LogP contribution in [-0.2, 0) is 20.8 Å². The normalized spacial score (nSPS) is 21.3. The molecule has 2 fully saturated rings. The Kier molecular flexibility index (Phi) is 6.96. The van der Waals surface area contributed by atoms with Gasteiger partial charge in [-0.25, -0.2) is 13.6 Å². The number of likely N-dealkylation sites (tertiary alicyclic amines) is 1. The molecule has 37 heavy (non-hydrogen) atoms. The number of aliphatic carboxylic acids is 1. The van der Waals surface area contributed by atoms with Crippen LogP contribution < -0.4 is 5.32 Å². The number of aromatic nitrogens is 1. The molecule has 1 saturated carbocycles. The topological polar surface area (TPSA) is 102 Å². The summed E-state index contributed by atoms with van der Waals surface area (Å²) in [5.41, 5.74) is 1.61. The molecule has 196 valence electrons. The molecule has 1 aliphatic heterocycles. The van der Waals surface area contributed by atoms with E-state index in [2.05, 4.69) is 10.3 Å². The minimum atomic E-state index is -0.790. The van der Waals surface area contributed by atoms with E-state index in [-0.39, 0.29) is 51.7 Å². The number of rotatable bonds is 7. The van der Waals surface area contributed by atoms with E-state index >= 15 is 4.39 Å². The van der Waals surface area contributed by atoms with Crippen molar-refractivity contribution in [1.82, 2.24) is 4.98 Å². The number of quaternary nitrogens is 1. The van der Waals surface area contributed by atoms with E-state index in [4.69, 9.17) is 9.25 Å². The number of nitrogens with one attached hydrogen (secondary N) is 1. The minimum Gasteiger partial charge on any atom is -0.481 e. The van der Waals surface area contributed by atoms with E-state index in [1.54, 1.807) is 19.1 Å². The number of carbonyl (C=O) groups excluding carboxylic acids is 1. The molecule has 2 heterocycles. The van der Waals surface area contributed by atoms with Gasteiger partial charge >= 0.3 is 11.9 Å². The maximum Gasteiger partial charge on any atom is 0.350 e. The third-order valence-electron chi connectivity index (χ3n) is 7.48. The van der Waals surface area contributed by atoms with Gasteiger partial charge in [0.05, 0.1) is 12.3 Å². The number of carboxylic acids is 1. The molecular weight excluding hydrogens is 484 g/mol. The number of amides is 1. The van der Waals surface area contributed by atoms with Crippen LogP contribution in [0.3, 0.4) is 0 Å². The molecule has 0 radical (unpaired) electrons. The first-order chi connectivity index (χ1) is 17.7. The largest absolute Gasteiger partial charge is 0.481 e. The summed E-state index contributed by atoms with van der Waals surface area (Å²) in [7, 11) is 0. The van der Waals surface area contributed by atoms with Crippen LogP contribution in [0.4, 0.5) is 20.5 Å². The molecule has 3 aromatic rings. The quantitative estimate of drug-likeness (QED) is 0.407. The zero-order valence-corrected chi connectivity index (χ0v) is 20.6. The van der Waals surface area contributed by atoms with Gasteiger partial charge in [-0.2, -0.15) is 9.82 Å². The molecule has 2 N–H and O–H groups in total. The number of nitrogens with zero attached hydrogens (tertiary/aromatic N) is 2. The number of hydrogen-bond donors (Lipinski definition) is 2. The van der Waals surface area contributed by atoms with Crippen LogP contribution in [0.25, 0.3) is 11.1 Å². The Bertz CT molecular complexity index is 1330. The number of aryl methyl sites for hydroxylation is 1. The fraction of sp³-hybridized carbons (Fsp3) is 0.444. The summed E-state index contributed by atoms with van der Waals surface area (Å²) < 4.78 is 34.5. The Balaban J connectivity index is 1.32. The second-order valence-corrected chi connectivity index (χ2v) is 10.0. The van der Waals surface area contributed by atoms with Crippen LogP contribution in [0.2, 0.25) is 0 Å². The lowest BCUT2D eigenvalue weighted by atomic mass is 9.87. The Hall–Kier alpha value is -3.37. The summed E-state index contributed by atoms with van der Waals surface area (Å²) in [4.78, 5) is 35.3. The summed E-state index contributed by atoms with van der Waals surface area (Å²) in [6.07, 6.45) is 3.51. The molecular formula is C27H30F2N3O5+. The van der Waals surface area contributed by atoms with Crippen molar-refractivity contribution in [2.45, 2.75) is 58.0 Å². The average molecular weight is 515 g/mol. The van der Waals surface area contributed by atoms with Gasteiger partial charge in [0.1, 0.15) is 30.5 Å². The molecule has 1 saturated heterocycles. The first-order valence-electron chi connectivity index (χ1n) is 12.7. The van der Waals surface area contributed by atoms with Crippen LogP contribution in [0, 0.1) is 24.5 Å². The number of anilines is 2. The van der Waals surface area contributed by atoms with Gasteiger partial charge in [-0.1, -0.05) is 12.1 Å². The lowest BCUT2D eigenvalue weighted by molar-refractivity contribution is -1.04. The van der Waals surface area contributed by atoms with Gasteiger partial charge in [0.15, 0.2) is 11.4 Å². The average Bonchev–Trinajstić information content (AvgIpc) is 3.51. The van der Waals surface area contributed by atoms with Crippen molar-refractivity contribution < 1.29 is 37.4 Å². The van der Waals surface area contributed by atoms with Gasteiger partial charge in [0.25, 0.3) is 6.01 Å². The van der Waals surface area contributed by atoms with Gasteiger partial charge in [-0.3, -0.25) is 4.79 Å². The predicted molar refractivity (Wildman–Crippen MR) is 131 cm³/mol. The van der Waals surface area contributed by atoms with E-state index in [1.165, 1.54) is 18.2 Å². The molecule has 10 heteroatoms. The molecule has 1 amide bonds. The molecule has 1 aliphatic carbocycles. The van der Waals surface area contributed by atoms with Crippen molar-refractivity contribution >= 4 is 34.7 Å². The highest BCUT2D eigenvalue weighted by molar-refractivity contribution is 5.80. The SMILES string of the molecule is Cc1ccc(F)cc1Nc1nc2ccc(CC(=O)[N+]3(OC4CCC(C(=O)O)CC4)CCCC3)c(F)c2o1. The molecule has 0 atom stereocenters. The van der Waals surface area contributed by atoms with Crippen molar-refractivity contribution in [2.24, 2.45) is 5.92 Å². The molecule has 5 rings (SSSR count). The molecule has 8 nitrogen and oxygen atoms in total. The summed E-state index contributed by atoms with van der Waals surface area (Å²) in [5, 5.41) is 12.1. The number of halogens is 2. The van der Waals surface area contributed by atoms with Gasteiger partial charge in [-0.15, -0.1) is 4.65 Å². The molecule has 2 aromatic carbocycles. The number of carboxylic acid groups (broad SMARTS) is 1. The first-order valence-corrected chi connectivity index (χ1v) is 12.7. The Morgan fingerprint density at radius 2 is 1.86 bits per heavy atom. The number of carbonyl (C=O) groups is 2. The standard InChI is InChI=1S/C27H29F2N3O5/c1-16-4-8-19(28)15-22(16)31-27-30-21-11-7-18(24(29)25(21)36-27)14-23(33)32(12-2-3-13-32)37-20-9-5-17(6-10-20)26(34)35/h4,7-8,11,15,17,20H,2-3,5-6,9-10,12-14H2,1H3,(H-,30,31,34,35)/p+1. The number of oxazole rings is 1. The highest BCUT2D eigenvalue weighted by Crippen LogP contribution is 2.33. The lowest BCUT2D eigenvalue weighted by Crippen LogP contribution is -2.53. The smallest absolute Gasteiger partial charge is 0.350 e. The van der Waals surface area contributed by atoms with Crippen molar-refractivity contribution in [2.75, 3.05) is 18.4 Å². The molecule has 0 spiro atoms. The van der Waals surface area contributed by atoms with Gasteiger partial charge in [0, 0.05) is 24.1 Å². The second kappa shape index (κ2) is 10.2. The van der Waals surface area contributed by atoms with Crippen molar-refractivity contribution in [3.05, 3.63) is 53.1 Å². The van der Waals surface area contributed by atoms with Crippen LogP contribution >= 0.6 is 0 Å². The van der Waals surface area contributed by atoms with Crippen molar-refractivity contribution in [3.63, 3.8) is 0 Å². The predicted octanol–water partition coefficient (Wildman–Crippen LogP) is 5.41. The summed E-state index contributed by atoms with van der Waals surface area (Å²) in [6, 6.07) is 7.40. The lowest BCUT2D eigenvalue weighted by Gasteiger charge is -2.34. The maximum atomic E-state index is 15.4. The van der Waals surface area contributed by atoms with Gasteiger partial charge in [-0.05, 0) is 56.4 Å². The summed E-state index contributed by atoms with van der Waals surface area (Å²) in [5.74, 6) is -2.48. The maximum absolute atomic E-state index is 15.4. The highest BCUT2D eigenvalue weighted by Gasteiger charge is 2.45. The third kappa shape index (κ3) is 5.21. The van der Waals surface area contributed by atoms with Crippen molar-refractivity contribution in [3.8, 4) is 0 Å².